The van der Waals surface area contributed by atoms with E-state index >= 15 is 0 Å². The predicted octanol–water partition coefficient (Wildman–Crippen LogP) is 5.26. The summed E-state index contributed by atoms with van der Waals surface area (Å²) in [6.45, 7) is 5.79. The Kier molecular flexibility index (Phi) is 5.96. The average Bonchev–Trinajstić information content (AvgIpc) is 3.13. The molecule has 2 heterocycles. The summed E-state index contributed by atoms with van der Waals surface area (Å²) >= 11 is 6.02. The van der Waals surface area contributed by atoms with Crippen LogP contribution in [-0.2, 0) is 11.3 Å². The molecule has 0 aliphatic carbocycles. The summed E-state index contributed by atoms with van der Waals surface area (Å²) in [6.07, 6.45) is -0.470. The largest absolute Gasteiger partial charge is 0.444 e. The van der Waals surface area contributed by atoms with Gasteiger partial charge < -0.3 is 14.8 Å². The Morgan fingerprint density at radius 3 is 2.59 bits per heavy atom. The number of carbonyl (C=O) groups excluding carboxylic acids is 1. The number of fused-ring (bicyclic) bond motifs is 1. The Hall–Kier alpha value is -3.65. The Labute approximate surface area is 190 Å². The lowest BCUT2D eigenvalue weighted by Gasteiger charge is -2.20. The van der Waals surface area contributed by atoms with Gasteiger partial charge >= 0.3 is 6.09 Å². The molecule has 0 saturated heterocycles. The molecule has 0 saturated carbocycles. The van der Waals surface area contributed by atoms with E-state index in [2.05, 4.69) is 20.6 Å². The van der Waals surface area contributed by atoms with Gasteiger partial charge in [0.15, 0.2) is 5.65 Å². The number of ether oxygens (including phenoxy) is 2. The van der Waals surface area contributed by atoms with Crippen molar-refractivity contribution in [2.45, 2.75) is 32.9 Å². The lowest BCUT2D eigenvalue weighted by Crippen LogP contribution is -2.32. The molecule has 2 aromatic carbocycles. The van der Waals surface area contributed by atoms with Gasteiger partial charge in [0.1, 0.15) is 11.4 Å². The number of nitrogens with zero attached hydrogens (tertiary/aromatic N) is 4. The van der Waals surface area contributed by atoms with Gasteiger partial charge in [0.05, 0.1) is 0 Å². The zero-order valence-corrected chi connectivity index (χ0v) is 18.6. The highest BCUT2D eigenvalue weighted by Crippen LogP contribution is 2.34. The van der Waals surface area contributed by atoms with Crippen molar-refractivity contribution >= 4 is 23.3 Å². The smallest absolute Gasteiger partial charge is 0.407 e. The first-order valence-electron chi connectivity index (χ1n) is 9.99. The minimum absolute atomic E-state index is 0.150. The number of nitrogens with one attached hydrogen (secondary N) is 1. The van der Waals surface area contributed by atoms with Crippen LogP contribution in [0.1, 0.15) is 26.3 Å². The molecule has 0 spiro atoms. The molecule has 0 aliphatic heterocycles. The summed E-state index contributed by atoms with van der Waals surface area (Å²) < 4.78 is 12.8. The molecule has 2 aromatic heterocycles. The molecular formula is C23H22ClN5O3. The number of aromatic nitrogens is 4. The van der Waals surface area contributed by atoms with E-state index in [0.717, 1.165) is 16.7 Å². The molecule has 0 aliphatic rings. The summed E-state index contributed by atoms with van der Waals surface area (Å²) in [4.78, 5) is 12.0. The standard InChI is InChI=1S/C23H22ClN5O3/c1-23(2,3)32-22(30)25-14-15-9-10-18(17(13-15)16-7-5-4-6-8-16)31-20-12-11-19-26-27-21(24)29(19)28-20/h4-13H,14H2,1-3H3,(H,25,30). The number of rotatable bonds is 5. The van der Waals surface area contributed by atoms with Gasteiger partial charge in [0, 0.05) is 18.2 Å². The Bertz CT molecular complexity index is 1250. The molecule has 9 heteroatoms. The van der Waals surface area contributed by atoms with Crippen LogP contribution in [0.2, 0.25) is 5.28 Å². The third-order valence-electron chi connectivity index (χ3n) is 4.38. The molecule has 1 N–H and O–H groups in total. The topological polar surface area (TPSA) is 90.6 Å². The van der Waals surface area contributed by atoms with Crippen molar-refractivity contribution in [2.24, 2.45) is 0 Å². The molecule has 0 radical (unpaired) electrons. The van der Waals surface area contributed by atoms with Gasteiger partial charge in [0.2, 0.25) is 11.2 Å². The van der Waals surface area contributed by atoms with E-state index in [-0.39, 0.29) is 5.28 Å². The fourth-order valence-corrected chi connectivity index (χ4v) is 3.18. The minimum Gasteiger partial charge on any atom is -0.444 e. The summed E-state index contributed by atoms with van der Waals surface area (Å²) in [5, 5.41) is 15.0. The van der Waals surface area contributed by atoms with E-state index in [1.165, 1.54) is 4.52 Å². The van der Waals surface area contributed by atoms with Gasteiger partial charge in [-0.25, -0.2) is 4.79 Å². The Morgan fingerprint density at radius 2 is 1.84 bits per heavy atom. The molecule has 4 aromatic rings. The van der Waals surface area contributed by atoms with Gasteiger partial charge in [-0.3, -0.25) is 0 Å². The number of hydrogen-bond acceptors (Lipinski definition) is 6. The number of hydrogen-bond donors (Lipinski definition) is 1. The highest BCUT2D eigenvalue weighted by molar-refractivity contribution is 6.28. The molecule has 1 amide bonds. The molecule has 0 fully saturated rings. The van der Waals surface area contributed by atoms with Crippen LogP contribution in [0, 0.1) is 0 Å². The van der Waals surface area contributed by atoms with Crippen LogP contribution >= 0.6 is 11.6 Å². The van der Waals surface area contributed by atoms with Crippen LogP contribution in [0.3, 0.4) is 0 Å². The first-order chi connectivity index (χ1) is 15.3. The van der Waals surface area contributed by atoms with Crippen molar-refractivity contribution in [3.63, 3.8) is 0 Å². The maximum absolute atomic E-state index is 12.0. The molecule has 164 valence electrons. The highest BCUT2D eigenvalue weighted by Gasteiger charge is 2.16. The highest BCUT2D eigenvalue weighted by atomic mass is 35.5. The first-order valence-corrected chi connectivity index (χ1v) is 10.4. The first kappa shape index (κ1) is 21.6. The second kappa shape index (κ2) is 8.84. The van der Waals surface area contributed by atoms with E-state index in [4.69, 9.17) is 21.1 Å². The minimum atomic E-state index is -0.557. The quantitative estimate of drug-likeness (QED) is 0.445. The van der Waals surface area contributed by atoms with E-state index in [0.29, 0.717) is 23.8 Å². The number of carbonyl (C=O) groups is 1. The summed E-state index contributed by atoms with van der Waals surface area (Å²) in [5.74, 6) is 0.948. The molecule has 32 heavy (non-hydrogen) atoms. The summed E-state index contributed by atoms with van der Waals surface area (Å²) in [5.41, 5.74) is 2.68. The van der Waals surface area contributed by atoms with Gasteiger partial charge in [-0.1, -0.05) is 36.4 Å². The Morgan fingerprint density at radius 1 is 1.06 bits per heavy atom. The van der Waals surface area contributed by atoms with E-state index in [1.54, 1.807) is 12.1 Å². The molecule has 8 nitrogen and oxygen atoms in total. The fourth-order valence-electron chi connectivity index (χ4n) is 3.02. The maximum atomic E-state index is 12.0. The van der Waals surface area contributed by atoms with Crippen LogP contribution in [-0.4, -0.2) is 31.5 Å². The molecular weight excluding hydrogens is 430 g/mol. The second-order valence-corrected chi connectivity index (χ2v) is 8.40. The number of halogens is 1. The number of alkyl carbamates (subject to hydrolysis) is 1. The van der Waals surface area contributed by atoms with Crippen LogP contribution < -0.4 is 10.1 Å². The average molecular weight is 452 g/mol. The van der Waals surface area contributed by atoms with Crippen molar-refractivity contribution in [2.75, 3.05) is 0 Å². The maximum Gasteiger partial charge on any atom is 0.407 e. The van der Waals surface area contributed by atoms with E-state index < -0.39 is 11.7 Å². The van der Waals surface area contributed by atoms with Gasteiger partial charge in [0.25, 0.3) is 0 Å². The zero-order valence-electron chi connectivity index (χ0n) is 17.9. The van der Waals surface area contributed by atoms with Gasteiger partial charge in [-0.15, -0.1) is 15.3 Å². The van der Waals surface area contributed by atoms with Crippen LogP contribution in [0.5, 0.6) is 11.6 Å². The monoisotopic (exact) mass is 451 g/mol. The lowest BCUT2D eigenvalue weighted by molar-refractivity contribution is 0.0523. The third-order valence-corrected chi connectivity index (χ3v) is 4.62. The van der Waals surface area contributed by atoms with E-state index in [9.17, 15) is 4.79 Å². The molecule has 0 atom stereocenters. The predicted molar refractivity (Wildman–Crippen MR) is 121 cm³/mol. The Balaban J connectivity index is 1.61. The molecule has 0 unspecified atom stereocenters. The molecule has 0 bridgehead atoms. The van der Waals surface area contributed by atoms with Crippen LogP contribution in [0.4, 0.5) is 4.79 Å². The van der Waals surface area contributed by atoms with Gasteiger partial charge in [-0.2, -0.15) is 4.52 Å². The normalized spacial score (nSPS) is 11.4. The van der Waals surface area contributed by atoms with Crippen molar-refractivity contribution in [3.05, 3.63) is 71.5 Å². The van der Waals surface area contributed by atoms with Gasteiger partial charge in [-0.05, 0) is 61.7 Å². The number of benzene rings is 2. The third kappa shape index (κ3) is 5.15. The van der Waals surface area contributed by atoms with Crippen LogP contribution in [0.15, 0.2) is 60.7 Å². The SMILES string of the molecule is CC(C)(C)OC(=O)NCc1ccc(Oc2ccc3nnc(Cl)n3n2)c(-c2ccccc2)c1. The van der Waals surface area contributed by atoms with Crippen molar-refractivity contribution < 1.29 is 14.3 Å². The van der Waals surface area contributed by atoms with Crippen molar-refractivity contribution in [1.29, 1.82) is 0 Å². The second-order valence-electron chi connectivity index (χ2n) is 8.06. The zero-order chi connectivity index (χ0) is 22.7. The summed E-state index contributed by atoms with van der Waals surface area (Å²) in [7, 11) is 0. The lowest BCUT2D eigenvalue weighted by atomic mass is 10.0. The van der Waals surface area contributed by atoms with Crippen LogP contribution in [0.25, 0.3) is 16.8 Å². The van der Waals surface area contributed by atoms with E-state index in [1.807, 2.05) is 69.3 Å². The van der Waals surface area contributed by atoms with Crippen molar-refractivity contribution in [1.82, 2.24) is 25.1 Å². The molecule has 4 rings (SSSR count). The summed E-state index contributed by atoms with van der Waals surface area (Å²) in [6, 6.07) is 18.9. The van der Waals surface area contributed by atoms with Crippen molar-refractivity contribution in [3.8, 4) is 22.8 Å². The fraction of sp³-hybridized carbons (Fsp3) is 0.217. The number of amides is 1.